The molecular weight excluding hydrogens is 284 g/mol. The van der Waals surface area contributed by atoms with Crippen LogP contribution < -0.4 is 10.2 Å². The van der Waals surface area contributed by atoms with Crippen molar-refractivity contribution in [1.82, 2.24) is 20.1 Å². The predicted octanol–water partition coefficient (Wildman–Crippen LogP) is 1.42. The van der Waals surface area contributed by atoms with Gasteiger partial charge in [-0.15, -0.1) is 0 Å². The second-order valence-corrected chi connectivity index (χ2v) is 5.54. The third kappa shape index (κ3) is 3.16. The molecule has 1 N–H and O–H groups in total. The zero-order valence-electron chi connectivity index (χ0n) is 13.0. The van der Waals surface area contributed by atoms with Crippen molar-refractivity contribution in [3.8, 4) is 0 Å². The molecule has 0 aliphatic carbocycles. The Balaban J connectivity index is 1.64. The molecular formula is C14H20N6O2. The molecule has 0 aromatic carbocycles. The van der Waals surface area contributed by atoms with Gasteiger partial charge in [-0.25, -0.2) is 4.98 Å². The second-order valence-electron chi connectivity index (χ2n) is 5.54. The molecule has 1 fully saturated rings. The van der Waals surface area contributed by atoms with Crippen LogP contribution in [-0.4, -0.2) is 47.4 Å². The molecule has 1 saturated heterocycles. The Morgan fingerprint density at radius 2 is 2.23 bits per heavy atom. The van der Waals surface area contributed by atoms with Gasteiger partial charge in [-0.05, 0) is 19.4 Å². The Morgan fingerprint density at radius 1 is 1.36 bits per heavy atom. The smallest absolute Gasteiger partial charge is 0.256 e. The molecule has 2 aromatic heterocycles. The zero-order valence-corrected chi connectivity index (χ0v) is 13.0. The topological polar surface area (TPSA) is 89.2 Å². The lowest BCUT2D eigenvalue weighted by Gasteiger charge is -2.17. The number of hydrogen-bond donors (Lipinski definition) is 1. The number of nitrogens with one attached hydrogen (secondary N) is 1. The fraction of sp³-hybridized carbons (Fsp3) is 0.571. The van der Waals surface area contributed by atoms with Crippen LogP contribution in [0.15, 0.2) is 16.8 Å². The lowest BCUT2D eigenvalue weighted by atomic mass is 10.0. The summed E-state index contributed by atoms with van der Waals surface area (Å²) in [4.78, 5) is 14.8. The molecule has 1 aliphatic rings. The van der Waals surface area contributed by atoms with Gasteiger partial charge in [0, 0.05) is 39.4 Å². The van der Waals surface area contributed by atoms with Crippen molar-refractivity contribution in [1.29, 1.82) is 0 Å². The number of anilines is 2. The largest absolute Gasteiger partial charge is 0.370 e. The molecule has 2 aromatic rings. The fourth-order valence-electron chi connectivity index (χ4n) is 2.44. The van der Waals surface area contributed by atoms with Crippen LogP contribution in [0.3, 0.4) is 0 Å². The quantitative estimate of drug-likeness (QED) is 0.887. The number of nitrogens with zero attached hydrogens (tertiary/aromatic N) is 5. The van der Waals surface area contributed by atoms with E-state index in [1.807, 2.05) is 25.1 Å². The van der Waals surface area contributed by atoms with Crippen molar-refractivity contribution < 1.29 is 9.26 Å². The highest BCUT2D eigenvalue weighted by molar-refractivity contribution is 5.40. The fourth-order valence-corrected chi connectivity index (χ4v) is 2.44. The number of aryl methyl sites for hydroxylation is 1. The maximum absolute atomic E-state index is 5.74. The summed E-state index contributed by atoms with van der Waals surface area (Å²) in [7, 11) is 3.83. The number of aromatic nitrogens is 4. The molecule has 22 heavy (non-hydrogen) atoms. The minimum absolute atomic E-state index is 0.149. The van der Waals surface area contributed by atoms with E-state index < -0.39 is 0 Å². The van der Waals surface area contributed by atoms with Crippen molar-refractivity contribution in [2.24, 2.45) is 5.92 Å². The highest BCUT2D eigenvalue weighted by atomic mass is 16.5. The minimum Gasteiger partial charge on any atom is -0.370 e. The Morgan fingerprint density at radius 3 is 2.95 bits per heavy atom. The first-order valence-electron chi connectivity index (χ1n) is 7.29. The van der Waals surface area contributed by atoms with Crippen LogP contribution in [0.5, 0.6) is 0 Å². The van der Waals surface area contributed by atoms with Crippen molar-refractivity contribution in [3.63, 3.8) is 0 Å². The molecule has 0 spiro atoms. The van der Waals surface area contributed by atoms with Gasteiger partial charge in [-0.2, -0.15) is 9.97 Å². The molecule has 1 aliphatic heterocycles. The van der Waals surface area contributed by atoms with E-state index >= 15 is 0 Å². The average Bonchev–Trinajstić information content (AvgIpc) is 3.13. The van der Waals surface area contributed by atoms with Crippen LogP contribution in [0, 0.1) is 12.8 Å². The summed E-state index contributed by atoms with van der Waals surface area (Å²) >= 11 is 0. The monoisotopic (exact) mass is 304 g/mol. The van der Waals surface area contributed by atoms with Gasteiger partial charge in [-0.3, -0.25) is 0 Å². The Bertz CT molecular complexity index is 629. The first kappa shape index (κ1) is 14.7. The van der Waals surface area contributed by atoms with E-state index in [0.29, 0.717) is 24.3 Å². The molecule has 0 saturated carbocycles. The summed E-state index contributed by atoms with van der Waals surface area (Å²) in [5.74, 6) is 2.93. The van der Waals surface area contributed by atoms with E-state index in [9.17, 15) is 0 Å². The number of rotatable bonds is 5. The summed E-state index contributed by atoms with van der Waals surface area (Å²) in [5.41, 5.74) is 0. The summed E-state index contributed by atoms with van der Waals surface area (Å²) in [6.07, 6.45) is 2.54. The van der Waals surface area contributed by atoms with Gasteiger partial charge in [0.15, 0.2) is 5.82 Å². The van der Waals surface area contributed by atoms with Gasteiger partial charge >= 0.3 is 0 Å². The van der Waals surface area contributed by atoms with Gasteiger partial charge in [0.2, 0.25) is 5.95 Å². The average molecular weight is 304 g/mol. The minimum atomic E-state index is -0.149. The zero-order chi connectivity index (χ0) is 15.5. The van der Waals surface area contributed by atoms with E-state index in [1.165, 1.54) is 0 Å². The third-order valence-electron chi connectivity index (χ3n) is 3.59. The molecule has 8 nitrogen and oxygen atoms in total. The molecule has 0 bridgehead atoms. The second kappa shape index (κ2) is 6.27. The first-order valence-corrected chi connectivity index (χ1v) is 7.29. The van der Waals surface area contributed by atoms with Gasteiger partial charge in [0.05, 0.1) is 0 Å². The van der Waals surface area contributed by atoms with E-state index in [0.717, 1.165) is 18.8 Å². The van der Waals surface area contributed by atoms with Crippen LogP contribution in [0.4, 0.5) is 11.8 Å². The Hall–Kier alpha value is -2.22. The van der Waals surface area contributed by atoms with Gasteiger partial charge in [0.1, 0.15) is 11.9 Å². The summed E-state index contributed by atoms with van der Waals surface area (Å²) in [6, 6.07) is 1.86. The van der Waals surface area contributed by atoms with Gasteiger partial charge < -0.3 is 19.5 Å². The Labute approximate surface area is 128 Å². The molecule has 118 valence electrons. The Kier molecular flexibility index (Phi) is 4.19. The number of ether oxygens (including phenoxy) is 1. The maximum atomic E-state index is 5.74. The summed E-state index contributed by atoms with van der Waals surface area (Å²) in [5, 5.41) is 7.17. The highest BCUT2D eigenvalue weighted by Crippen LogP contribution is 2.33. The highest BCUT2D eigenvalue weighted by Gasteiger charge is 2.33. The lowest BCUT2D eigenvalue weighted by Crippen LogP contribution is -2.19. The molecule has 0 radical (unpaired) electrons. The molecule has 3 heterocycles. The summed E-state index contributed by atoms with van der Waals surface area (Å²) < 4.78 is 11.0. The maximum Gasteiger partial charge on any atom is 0.256 e. The van der Waals surface area contributed by atoms with Gasteiger partial charge in [-0.1, -0.05) is 5.16 Å². The van der Waals surface area contributed by atoms with Crippen molar-refractivity contribution in [2.45, 2.75) is 19.4 Å². The molecule has 2 atom stereocenters. The van der Waals surface area contributed by atoms with E-state index in [-0.39, 0.29) is 12.0 Å². The first-order chi connectivity index (χ1) is 10.6. The van der Waals surface area contributed by atoms with Crippen molar-refractivity contribution in [3.05, 3.63) is 24.0 Å². The standard InChI is InChI=1S/C14H20N6O2/c1-9-17-13(22-19-9)12-10(5-7-21-12)8-16-11-4-6-15-14(18-11)20(2)3/h4,6,10,12H,5,7-8H2,1-3H3,(H,15,16,18)/t10-,12-/m0/s1. The van der Waals surface area contributed by atoms with Crippen molar-refractivity contribution in [2.75, 3.05) is 37.5 Å². The van der Waals surface area contributed by atoms with Crippen molar-refractivity contribution >= 4 is 11.8 Å². The van der Waals surface area contributed by atoms with Crippen LogP contribution in [0.25, 0.3) is 0 Å². The summed E-state index contributed by atoms with van der Waals surface area (Å²) in [6.45, 7) is 3.24. The normalized spacial score (nSPS) is 21.0. The van der Waals surface area contributed by atoms with Crippen LogP contribution >= 0.6 is 0 Å². The van der Waals surface area contributed by atoms with E-state index in [2.05, 4.69) is 25.4 Å². The van der Waals surface area contributed by atoms with Gasteiger partial charge in [0.25, 0.3) is 5.89 Å². The molecule has 0 unspecified atom stereocenters. The number of hydrogen-bond acceptors (Lipinski definition) is 8. The van der Waals surface area contributed by atoms with Crippen LogP contribution in [-0.2, 0) is 4.74 Å². The molecule has 8 heteroatoms. The molecule has 0 amide bonds. The SMILES string of the molecule is Cc1noc([C@H]2OCC[C@H]2CNc2ccnc(N(C)C)n2)n1. The van der Waals surface area contributed by atoms with E-state index in [1.54, 1.807) is 13.1 Å². The predicted molar refractivity (Wildman–Crippen MR) is 80.7 cm³/mol. The molecule has 3 rings (SSSR count). The van der Waals surface area contributed by atoms with E-state index in [4.69, 9.17) is 9.26 Å². The lowest BCUT2D eigenvalue weighted by molar-refractivity contribution is 0.0650. The third-order valence-corrected chi connectivity index (χ3v) is 3.59. The van der Waals surface area contributed by atoms with Crippen LogP contribution in [0.1, 0.15) is 24.2 Å². The van der Waals surface area contributed by atoms with Crippen LogP contribution in [0.2, 0.25) is 0 Å².